The lowest BCUT2D eigenvalue weighted by molar-refractivity contribution is -0.132. The summed E-state index contributed by atoms with van der Waals surface area (Å²) in [7, 11) is 0. The van der Waals surface area contributed by atoms with E-state index in [9.17, 15) is 14.4 Å². The fourth-order valence-corrected chi connectivity index (χ4v) is 3.13. The third-order valence-corrected chi connectivity index (χ3v) is 4.65. The molecule has 2 aromatic carbocycles. The van der Waals surface area contributed by atoms with Crippen LogP contribution in [-0.4, -0.2) is 35.3 Å². The van der Waals surface area contributed by atoms with Crippen molar-refractivity contribution in [2.45, 2.75) is 31.8 Å². The van der Waals surface area contributed by atoms with Crippen molar-refractivity contribution in [1.29, 1.82) is 0 Å². The van der Waals surface area contributed by atoms with Gasteiger partial charge < -0.3 is 10.6 Å². The van der Waals surface area contributed by atoms with Crippen molar-refractivity contribution in [2.24, 2.45) is 0 Å². The number of nitrogens with one attached hydrogen (secondary N) is 2. The normalized spacial score (nSPS) is 17.5. The van der Waals surface area contributed by atoms with Crippen molar-refractivity contribution in [2.75, 3.05) is 6.54 Å². The van der Waals surface area contributed by atoms with Gasteiger partial charge in [0.1, 0.15) is 12.6 Å². The van der Waals surface area contributed by atoms with Crippen LogP contribution in [0.25, 0.3) is 0 Å². The number of rotatable bonds is 7. The molecule has 2 N–H and O–H groups in total. The molecule has 0 aliphatic carbocycles. The van der Waals surface area contributed by atoms with Crippen LogP contribution >= 0.6 is 0 Å². The van der Waals surface area contributed by atoms with E-state index in [1.807, 2.05) is 67.6 Å². The SMILES string of the molecule is CC(NC(=O)CN1C(=O)NC(CCc2ccccc2)C1=O)c1ccccc1. The quantitative estimate of drug-likeness (QED) is 0.740. The van der Waals surface area contributed by atoms with E-state index < -0.39 is 12.1 Å². The average molecular weight is 365 g/mol. The van der Waals surface area contributed by atoms with E-state index in [1.54, 1.807) is 0 Å². The second-order valence-electron chi connectivity index (χ2n) is 6.65. The number of nitrogens with zero attached hydrogens (tertiary/aromatic N) is 1. The molecule has 6 nitrogen and oxygen atoms in total. The third-order valence-electron chi connectivity index (χ3n) is 4.65. The average Bonchev–Trinajstić information content (AvgIpc) is 2.95. The van der Waals surface area contributed by atoms with Gasteiger partial charge in [0, 0.05) is 0 Å². The van der Waals surface area contributed by atoms with E-state index >= 15 is 0 Å². The Morgan fingerprint density at radius 2 is 1.70 bits per heavy atom. The highest BCUT2D eigenvalue weighted by atomic mass is 16.2. The molecule has 0 radical (unpaired) electrons. The lowest BCUT2D eigenvalue weighted by atomic mass is 10.1. The molecule has 27 heavy (non-hydrogen) atoms. The van der Waals surface area contributed by atoms with Gasteiger partial charge in [-0.05, 0) is 30.9 Å². The van der Waals surface area contributed by atoms with Gasteiger partial charge in [0.15, 0.2) is 0 Å². The summed E-state index contributed by atoms with van der Waals surface area (Å²) in [6.45, 7) is 1.59. The van der Waals surface area contributed by atoms with Gasteiger partial charge in [0.05, 0.1) is 6.04 Å². The van der Waals surface area contributed by atoms with Gasteiger partial charge in [-0.3, -0.25) is 14.5 Å². The maximum atomic E-state index is 12.5. The minimum absolute atomic E-state index is 0.201. The molecular weight excluding hydrogens is 342 g/mol. The van der Waals surface area contributed by atoms with E-state index in [0.717, 1.165) is 16.0 Å². The highest BCUT2D eigenvalue weighted by Crippen LogP contribution is 2.14. The minimum atomic E-state index is -0.586. The largest absolute Gasteiger partial charge is 0.348 e. The van der Waals surface area contributed by atoms with Crippen molar-refractivity contribution in [1.82, 2.24) is 15.5 Å². The number of imide groups is 1. The Bertz CT molecular complexity index is 808. The Morgan fingerprint density at radius 3 is 2.37 bits per heavy atom. The second kappa shape index (κ2) is 8.49. The zero-order valence-corrected chi connectivity index (χ0v) is 15.2. The summed E-state index contributed by atoms with van der Waals surface area (Å²) in [6.07, 6.45) is 1.19. The van der Waals surface area contributed by atoms with Crippen LogP contribution in [0.5, 0.6) is 0 Å². The molecule has 2 unspecified atom stereocenters. The van der Waals surface area contributed by atoms with Crippen molar-refractivity contribution in [3.05, 3.63) is 71.8 Å². The number of benzene rings is 2. The molecule has 6 heteroatoms. The van der Waals surface area contributed by atoms with Crippen LogP contribution in [0.1, 0.15) is 30.5 Å². The molecule has 1 aliphatic rings. The topological polar surface area (TPSA) is 78.5 Å². The molecule has 1 heterocycles. The Hall–Kier alpha value is -3.15. The van der Waals surface area contributed by atoms with Crippen LogP contribution < -0.4 is 10.6 Å². The smallest absolute Gasteiger partial charge is 0.325 e. The minimum Gasteiger partial charge on any atom is -0.348 e. The highest BCUT2D eigenvalue weighted by molar-refractivity contribution is 6.06. The molecule has 0 bridgehead atoms. The molecule has 1 saturated heterocycles. The number of hydrogen-bond donors (Lipinski definition) is 2. The fourth-order valence-electron chi connectivity index (χ4n) is 3.13. The summed E-state index contributed by atoms with van der Waals surface area (Å²) >= 11 is 0. The van der Waals surface area contributed by atoms with E-state index in [0.29, 0.717) is 12.8 Å². The molecule has 1 fully saturated rings. The van der Waals surface area contributed by atoms with Gasteiger partial charge in [-0.2, -0.15) is 0 Å². The van der Waals surface area contributed by atoms with Crippen molar-refractivity contribution >= 4 is 17.8 Å². The van der Waals surface area contributed by atoms with Gasteiger partial charge in [0.25, 0.3) is 5.91 Å². The molecule has 1 aliphatic heterocycles. The van der Waals surface area contributed by atoms with Crippen molar-refractivity contribution < 1.29 is 14.4 Å². The maximum absolute atomic E-state index is 12.5. The second-order valence-corrected chi connectivity index (χ2v) is 6.65. The van der Waals surface area contributed by atoms with Gasteiger partial charge in [-0.15, -0.1) is 0 Å². The van der Waals surface area contributed by atoms with Crippen LogP contribution in [0, 0.1) is 0 Å². The maximum Gasteiger partial charge on any atom is 0.325 e. The summed E-state index contributed by atoms with van der Waals surface area (Å²) in [5, 5.41) is 5.50. The summed E-state index contributed by atoms with van der Waals surface area (Å²) in [5.41, 5.74) is 2.07. The number of hydrogen-bond acceptors (Lipinski definition) is 3. The van der Waals surface area contributed by atoms with E-state index in [-0.39, 0.29) is 24.4 Å². The summed E-state index contributed by atoms with van der Waals surface area (Å²) < 4.78 is 0. The van der Waals surface area contributed by atoms with E-state index in [1.165, 1.54) is 0 Å². The van der Waals surface area contributed by atoms with Gasteiger partial charge in [0.2, 0.25) is 5.91 Å². The first-order chi connectivity index (χ1) is 13.0. The summed E-state index contributed by atoms with van der Waals surface area (Å²) in [6, 6.07) is 18.0. The predicted octanol–water partition coefficient (Wildman–Crippen LogP) is 2.42. The number of carbonyl (C=O) groups excluding carboxylic acids is 3. The Labute approximate surface area is 158 Å². The standard InChI is InChI=1S/C21H23N3O3/c1-15(17-10-6-3-7-11-17)22-19(25)14-24-20(26)18(23-21(24)27)13-12-16-8-4-2-5-9-16/h2-11,15,18H,12-14H2,1H3,(H,22,25)(H,23,27). The lowest BCUT2D eigenvalue weighted by Gasteiger charge is -2.17. The summed E-state index contributed by atoms with van der Waals surface area (Å²) in [4.78, 5) is 37.9. The molecule has 2 aromatic rings. The highest BCUT2D eigenvalue weighted by Gasteiger charge is 2.38. The predicted molar refractivity (Wildman–Crippen MR) is 102 cm³/mol. The van der Waals surface area contributed by atoms with E-state index in [2.05, 4.69) is 10.6 Å². The van der Waals surface area contributed by atoms with Crippen LogP contribution in [0.2, 0.25) is 0 Å². The van der Waals surface area contributed by atoms with Crippen LogP contribution in [-0.2, 0) is 16.0 Å². The summed E-state index contributed by atoms with van der Waals surface area (Å²) in [5.74, 6) is -0.711. The van der Waals surface area contributed by atoms with Crippen molar-refractivity contribution in [3.8, 4) is 0 Å². The molecule has 3 rings (SSSR count). The molecule has 4 amide bonds. The monoisotopic (exact) mass is 365 g/mol. The molecule has 0 saturated carbocycles. The van der Waals surface area contributed by atoms with Crippen LogP contribution in [0.15, 0.2) is 60.7 Å². The molecule has 0 aromatic heterocycles. The van der Waals surface area contributed by atoms with Crippen molar-refractivity contribution in [3.63, 3.8) is 0 Å². The Morgan fingerprint density at radius 1 is 1.07 bits per heavy atom. The Kier molecular flexibility index (Phi) is 5.86. The molecule has 0 spiro atoms. The first-order valence-electron chi connectivity index (χ1n) is 9.04. The number of aryl methyl sites for hydroxylation is 1. The number of amides is 4. The lowest BCUT2D eigenvalue weighted by Crippen LogP contribution is -2.41. The molecular formula is C21H23N3O3. The zero-order valence-electron chi connectivity index (χ0n) is 15.2. The Balaban J connectivity index is 1.53. The van der Waals surface area contributed by atoms with Crippen LogP contribution in [0.3, 0.4) is 0 Å². The first-order valence-corrected chi connectivity index (χ1v) is 9.04. The third kappa shape index (κ3) is 4.73. The molecule has 2 atom stereocenters. The number of carbonyl (C=O) groups is 3. The fraction of sp³-hybridized carbons (Fsp3) is 0.286. The first kappa shape index (κ1) is 18.6. The number of urea groups is 1. The van der Waals surface area contributed by atoms with Gasteiger partial charge in [-0.25, -0.2) is 4.79 Å². The van der Waals surface area contributed by atoms with Gasteiger partial charge in [-0.1, -0.05) is 60.7 Å². The van der Waals surface area contributed by atoms with Gasteiger partial charge >= 0.3 is 6.03 Å². The van der Waals surface area contributed by atoms with E-state index in [4.69, 9.17) is 0 Å². The van der Waals surface area contributed by atoms with Crippen LogP contribution in [0.4, 0.5) is 4.79 Å². The molecule has 140 valence electrons. The zero-order chi connectivity index (χ0) is 19.2.